The van der Waals surface area contributed by atoms with E-state index in [1.807, 2.05) is 25.8 Å². The van der Waals surface area contributed by atoms with Gasteiger partial charge in [-0.15, -0.1) is 13.2 Å². The van der Waals surface area contributed by atoms with E-state index in [4.69, 9.17) is 5.73 Å². The Balaban J connectivity index is 3.10. The first-order chi connectivity index (χ1) is 8.76. The van der Waals surface area contributed by atoms with Crippen molar-refractivity contribution >= 4 is 0 Å². The Labute approximate surface area is 111 Å². The molecule has 0 aliphatic carbocycles. The minimum Gasteiger partial charge on any atom is -0.405 e. The lowest BCUT2D eigenvalue weighted by Crippen LogP contribution is -2.36. The minimum absolute atomic E-state index is 0.160. The van der Waals surface area contributed by atoms with E-state index >= 15 is 0 Å². The molecular formula is C13H19F3N2O. The molecule has 19 heavy (non-hydrogen) atoms. The third-order valence-corrected chi connectivity index (χ3v) is 3.03. The van der Waals surface area contributed by atoms with E-state index in [1.54, 1.807) is 12.1 Å². The van der Waals surface area contributed by atoms with E-state index in [0.717, 1.165) is 0 Å². The standard InChI is InChI=1S/C13H19F3N2O/c1-9(2)18(3)11(8-17)10-6-4-5-7-12(10)19-13(14,15)16/h4-7,9,11H,8,17H2,1-3H3. The number of nitrogens with two attached hydrogens (primary N) is 1. The summed E-state index contributed by atoms with van der Waals surface area (Å²) in [4.78, 5) is 1.92. The molecule has 1 aromatic carbocycles. The quantitative estimate of drug-likeness (QED) is 0.898. The first kappa shape index (κ1) is 15.8. The molecule has 3 nitrogen and oxygen atoms in total. The van der Waals surface area contributed by atoms with Crippen molar-refractivity contribution in [3.05, 3.63) is 29.8 Å². The van der Waals surface area contributed by atoms with Crippen LogP contribution in [-0.2, 0) is 0 Å². The van der Waals surface area contributed by atoms with Gasteiger partial charge in [0.1, 0.15) is 5.75 Å². The van der Waals surface area contributed by atoms with Crippen molar-refractivity contribution in [2.24, 2.45) is 5.73 Å². The summed E-state index contributed by atoms with van der Waals surface area (Å²) in [5, 5.41) is 0. The normalized spacial score (nSPS) is 13.9. The number of hydrogen-bond acceptors (Lipinski definition) is 3. The van der Waals surface area contributed by atoms with Crippen molar-refractivity contribution in [2.45, 2.75) is 32.3 Å². The van der Waals surface area contributed by atoms with Crippen LogP contribution in [0.15, 0.2) is 24.3 Å². The second kappa shape index (κ2) is 6.25. The Hall–Kier alpha value is -1.27. The number of alkyl halides is 3. The fourth-order valence-electron chi connectivity index (χ4n) is 1.85. The average molecular weight is 276 g/mol. The molecule has 0 saturated heterocycles. The molecule has 0 spiro atoms. The van der Waals surface area contributed by atoms with E-state index < -0.39 is 6.36 Å². The molecule has 108 valence electrons. The summed E-state index contributed by atoms with van der Waals surface area (Å²) in [6, 6.07) is 5.94. The van der Waals surface area contributed by atoms with Crippen LogP contribution >= 0.6 is 0 Å². The predicted molar refractivity (Wildman–Crippen MR) is 67.8 cm³/mol. The van der Waals surface area contributed by atoms with Gasteiger partial charge in [-0.25, -0.2) is 0 Å². The molecule has 0 aromatic heterocycles. The number of hydrogen-bond donors (Lipinski definition) is 1. The first-order valence-corrected chi connectivity index (χ1v) is 6.03. The predicted octanol–water partition coefficient (Wildman–Crippen LogP) is 2.93. The molecule has 0 amide bonds. The number of rotatable bonds is 5. The van der Waals surface area contributed by atoms with Gasteiger partial charge in [-0.3, -0.25) is 4.90 Å². The van der Waals surface area contributed by atoms with Gasteiger partial charge in [-0.05, 0) is 27.0 Å². The fourth-order valence-corrected chi connectivity index (χ4v) is 1.85. The van der Waals surface area contributed by atoms with Crippen molar-refractivity contribution in [2.75, 3.05) is 13.6 Å². The topological polar surface area (TPSA) is 38.5 Å². The molecule has 0 bridgehead atoms. The molecule has 1 atom stereocenters. The lowest BCUT2D eigenvalue weighted by atomic mass is 10.0. The van der Waals surface area contributed by atoms with Crippen LogP contribution in [0.1, 0.15) is 25.5 Å². The highest BCUT2D eigenvalue weighted by Gasteiger charge is 2.33. The van der Waals surface area contributed by atoms with Crippen LogP contribution < -0.4 is 10.5 Å². The van der Waals surface area contributed by atoms with E-state index in [2.05, 4.69) is 4.74 Å². The monoisotopic (exact) mass is 276 g/mol. The van der Waals surface area contributed by atoms with E-state index in [-0.39, 0.29) is 24.4 Å². The summed E-state index contributed by atoms with van der Waals surface area (Å²) in [5.41, 5.74) is 6.14. The summed E-state index contributed by atoms with van der Waals surface area (Å²) in [6.07, 6.45) is -4.70. The number of para-hydroxylation sites is 1. The van der Waals surface area contributed by atoms with Gasteiger partial charge in [-0.1, -0.05) is 18.2 Å². The van der Waals surface area contributed by atoms with Gasteiger partial charge in [0.2, 0.25) is 0 Å². The molecular weight excluding hydrogens is 257 g/mol. The van der Waals surface area contributed by atoms with Crippen molar-refractivity contribution in [3.8, 4) is 5.75 Å². The van der Waals surface area contributed by atoms with Crippen molar-refractivity contribution in [1.29, 1.82) is 0 Å². The molecule has 0 fully saturated rings. The van der Waals surface area contributed by atoms with Gasteiger partial charge in [0.05, 0.1) is 6.04 Å². The Kier molecular flexibility index (Phi) is 5.20. The van der Waals surface area contributed by atoms with Crippen LogP contribution in [0, 0.1) is 0 Å². The van der Waals surface area contributed by atoms with Gasteiger partial charge in [-0.2, -0.15) is 0 Å². The molecule has 0 aliphatic rings. The molecule has 1 rings (SSSR count). The maximum Gasteiger partial charge on any atom is 0.573 e. The Bertz CT molecular complexity index is 407. The fraction of sp³-hybridized carbons (Fsp3) is 0.538. The van der Waals surface area contributed by atoms with Crippen molar-refractivity contribution in [3.63, 3.8) is 0 Å². The zero-order valence-electron chi connectivity index (χ0n) is 11.2. The second-order valence-electron chi connectivity index (χ2n) is 4.60. The molecule has 6 heteroatoms. The number of nitrogens with zero attached hydrogens (tertiary/aromatic N) is 1. The van der Waals surface area contributed by atoms with Gasteiger partial charge >= 0.3 is 6.36 Å². The Morgan fingerprint density at radius 2 is 1.84 bits per heavy atom. The highest BCUT2D eigenvalue weighted by Crippen LogP contribution is 2.32. The lowest BCUT2D eigenvalue weighted by Gasteiger charge is -2.31. The number of ether oxygens (including phenoxy) is 1. The molecule has 1 unspecified atom stereocenters. The summed E-state index contributed by atoms with van der Waals surface area (Å²) in [6.45, 7) is 4.12. The zero-order valence-corrected chi connectivity index (χ0v) is 11.2. The summed E-state index contributed by atoms with van der Waals surface area (Å²) < 4.78 is 41.2. The maximum atomic E-state index is 12.4. The van der Waals surface area contributed by atoms with Crippen molar-refractivity contribution < 1.29 is 17.9 Å². The first-order valence-electron chi connectivity index (χ1n) is 6.03. The van der Waals surface area contributed by atoms with Crippen LogP contribution in [0.4, 0.5) is 13.2 Å². The molecule has 2 N–H and O–H groups in total. The molecule has 1 aromatic rings. The second-order valence-corrected chi connectivity index (χ2v) is 4.60. The SMILES string of the molecule is CC(C)N(C)C(CN)c1ccccc1OC(F)(F)F. The molecule has 0 aliphatic heterocycles. The van der Waals surface area contributed by atoms with Crippen LogP contribution in [0.25, 0.3) is 0 Å². The van der Waals surface area contributed by atoms with Gasteiger partial charge in [0, 0.05) is 18.2 Å². The largest absolute Gasteiger partial charge is 0.573 e. The maximum absolute atomic E-state index is 12.4. The third-order valence-electron chi connectivity index (χ3n) is 3.03. The van der Waals surface area contributed by atoms with E-state index in [1.165, 1.54) is 12.1 Å². The van der Waals surface area contributed by atoms with Crippen LogP contribution in [0.3, 0.4) is 0 Å². The summed E-state index contributed by atoms with van der Waals surface area (Å²) in [7, 11) is 1.83. The highest BCUT2D eigenvalue weighted by molar-refractivity contribution is 5.36. The number of benzene rings is 1. The van der Waals surface area contributed by atoms with E-state index in [9.17, 15) is 13.2 Å². The van der Waals surface area contributed by atoms with Crippen molar-refractivity contribution in [1.82, 2.24) is 4.90 Å². The smallest absolute Gasteiger partial charge is 0.405 e. The summed E-state index contributed by atoms with van der Waals surface area (Å²) in [5.74, 6) is -0.196. The lowest BCUT2D eigenvalue weighted by molar-refractivity contribution is -0.275. The van der Waals surface area contributed by atoms with Crippen LogP contribution in [0.5, 0.6) is 5.75 Å². The van der Waals surface area contributed by atoms with E-state index in [0.29, 0.717) is 5.56 Å². The number of halogens is 3. The van der Waals surface area contributed by atoms with Crippen LogP contribution in [0.2, 0.25) is 0 Å². The highest BCUT2D eigenvalue weighted by atomic mass is 19.4. The van der Waals surface area contributed by atoms with Gasteiger partial charge in [0.15, 0.2) is 0 Å². The Morgan fingerprint density at radius 3 is 2.32 bits per heavy atom. The average Bonchev–Trinajstić information content (AvgIpc) is 2.30. The van der Waals surface area contributed by atoms with Gasteiger partial charge < -0.3 is 10.5 Å². The zero-order chi connectivity index (χ0) is 14.6. The molecule has 0 radical (unpaired) electrons. The number of likely N-dealkylation sites (N-methyl/N-ethyl adjacent to an activating group) is 1. The molecule has 0 heterocycles. The minimum atomic E-state index is -4.70. The molecule has 0 saturated carbocycles. The van der Waals surface area contributed by atoms with Gasteiger partial charge in [0.25, 0.3) is 0 Å². The van der Waals surface area contributed by atoms with Crippen LogP contribution in [-0.4, -0.2) is 30.9 Å². The Morgan fingerprint density at radius 1 is 1.26 bits per heavy atom. The third kappa shape index (κ3) is 4.40. The summed E-state index contributed by atoms with van der Waals surface area (Å²) >= 11 is 0.